The van der Waals surface area contributed by atoms with Crippen LogP contribution in [0.2, 0.25) is 0 Å². The van der Waals surface area contributed by atoms with Crippen molar-refractivity contribution in [3.05, 3.63) is 94.8 Å². The molecule has 1 aliphatic heterocycles. The van der Waals surface area contributed by atoms with Crippen LogP contribution < -0.4 is 10.5 Å². The molecule has 4 aromatic rings. The number of fused-ring (bicyclic) bond motifs is 1. The molecule has 2 aromatic carbocycles. The standard InChI is InChI=1S/C27H29FN4O/c28-22-7-12-26-25(19-22)21(20-29-26)5-1-3-13-30-15-17-31(18-16-30)23-8-10-24(11-9-23)32-14-4-2-6-27(32)33/h2,4,6-12,14,19-20,29H,1,3,5,13,15-18H2. The minimum Gasteiger partial charge on any atom is -0.369 e. The van der Waals surface area contributed by atoms with Gasteiger partial charge >= 0.3 is 0 Å². The summed E-state index contributed by atoms with van der Waals surface area (Å²) in [5, 5.41) is 1.01. The summed E-state index contributed by atoms with van der Waals surface area (Å²) in [5.74, 6) is -0.176. The van der Waals surface area contributed by atoms with Gasteiger partial charge in [0.1, 0.15) is 5.82 Å². The van der Waals surface area contributed by atoms with E-state index in [-0.39, 0.29) is 11.4 Å². The average Bonchev–Trinajstić information content (AvgIpc) is 3.25. The smallest absolute Gasteiger partial charge is 0.255 e. The highest BCUT2D eigenvalue weighted by Gasteiger charge is 2.17. The Hall–Kier alpha value is -3.38. The summed E-state index contributed by atoms with van der Waals surface area (Å²) in [6.45, 7) is 5.22. The van der Waals surface area contributed by atoms with Gasteiger partial charge < -0.3 is 9.88 Å². The van der Waals surface area contributed by atoms with E-state index in [0.717, 1.165) is 68.6 Å². The number of hydrogen-bond donors (Lipinski definition) is 1. The molecule has 1 saturated heterocycles. The molecule has 0 atom stereocenters. The maximum Gasteiger partial charge on any atom is 0.255 e. The van der Waals surface area contributed by atoms with Crippen LogP contribution in [0.4, 0.5) is 10.1 Å². The second kappa shape index (κ2) is 9.63. The molecule has 0 bridgehead atoms. The lowest BCUT2D eigenvalue weighted by molar-refractivity contribution is 0.253. The van der Waals surface area contributed by atoms with Crippen molar-refractivity contribution < 1.29 is 4.39 Å². The number of benzene rings is 2. The summed E-state index contributed by atoms with van der Waals surface area (Å²) >= 11 is 0. The van der Waals surface area contributed by atoms with E-state index in [4.69, 9.17) is 0 Å². The van der Waals surface area contributed by atoms with Gasteiger partial charge in [-0.15, -0.1) is 0 Å². The number of nitrogens with one attached hydrogen (secondary N) is 1. The Kier molecular flexibility index (Phi) is 6.26. The van der Waals surface area contributed by atoms with E-state index in [1.165, 1.54) is 17.3 Å². The molecule has 1 aliphatic rings. The van der Waals surface area contributed by atoms with Crippen LogP contribution in [0.1, 0.15) is 18.4 Å². The van der Waals surface area contributed by atoms with Gasteiger partial charge in [-0.05, 0) is 79.9 Å². The quantitative estimate of drug-likeness (QED) is 0.424. The maximum atomic E-state index is 13.6. The van der Waals surface area contributed by atoms with Crippen LogP contribution in [0.15, 0.2) is 77.9 Å². The molecular formula is C27H29FN4O. The number of unbranched alkanes of at least 4 members (excludes halogenated alkanes) is 1. The molecule has 0 amide bonds. The van der Waals surface area contributed by atoms with Gasteiger partial charge in [0.2, 0.25) is 0 Å². The van der Waals surface area contributed by atoms with Gasteiger partial charge in [-0.2, -0.15) is 0 Å². The largest absolute Gasteiger partial charge is 0.369 e. The van der Waals surface area contributed by atoms with E-state index in [0.29, 0.717) is 0 Å². The van der Waals surface area contributed by atoms with Crippen molar-refractivity contribution in [1.29, 1.82) is 0 Å². The number of aromatic nitrogens is 2. The van der Waals surface area contributed by atoms with E-state index in [2.05, 4.69) is 26.9 Å². The number of rotatable bonds is 7. The van der Waals surface area contributed by atoms with Crippen LogP contribution in [0.5, 0.6) is 0 Å². The number of nitrogens with zero attached hydrogens (tertiary/aromatic N) is 3. The first-order valence-electron chi connectivity index (χ1n) is 11.7. The number of pyridine rings is 1. The summed E-state index contributed by atoms with van der Waals surface area (Å²) in [5.41, 5.74) is 4.28. The Bertz CT molecular complexity index is 1270. The molecule has 0 spiro atoms. The first kappa shape index (κ1) is 21.5. The second-order valence-corrected chi connectivity index (χ2v) is 8.71. The molecule has 3 heterocycles. The van der Waals surface area contributed by atoms with Gasteiger partial charge in [-0.3, -0.25) is 14.3 Å². The number of halogens is 1. The van der Waals surface area contributed by atoms with E-state index in [1.807, 2.05) is 30.5 Å². The molecule has 2 aromatic heterocycles. The zero-order valence-electron chi connectivity index (χ0n) is 18.7. The SMILES string of the molecule is O=c1ccccn1-c1ccc(N2CCN(CCCCc3c[nH]c4ccc(F)cc34)CC2)cc1. The molecule has 33 heavy (non-hydrogen) atoms. The van der Waals surface area contributed by atoms with Crippen molar-refractivity contribution in [2.24, 2.45) is 0 Å². The van der Waals surface area contributed by atoms with Gasteiger partial charge in [-0.1, -0.05) is 6.07 Å². The Labute approximate surface area is 193 Å². The van der Waals surface area contributed by atoms with E-state index < -0.39 is 0 Å². The van der Waals surface area contributed by atoms with Crippen molar-refractivity contribution in [2.45, 2.75) is 19.3 Å². The molecule has 5 rings (SSSR count). The zero-order chi connectivity index (χ0) is 22.6. The number of hydrogen-bond acceptors (Lipinski definition) is 3. The van der Waals surface area contributed by atoms with Crippen molar-refractivity contribution >= 4 is 16.6 Å². The Morgan fingerprint density at radius 3 is 2.45 bits per heavy atom. The van der Waals surface area contributed by atoms with E-state index in [9.17, 15) is 9.18 Å². The number of piperazine rings is 1. The third kappa shape index (κ3) is 4.86. The van der Waals surface area contributed by atoms with Crippen molar-refractivity contribution in [3.8, 4) is 5.69 Å². The normalized spacial score (nSPS) is 14.8. The molecule has 1 fully saturated rings. The van der Waals surface area contributed by atoms with Crippen LogP contribution in [0.3, 0.4) is 0 Å². The molecule has 170 valence electrons. The third-order valence-corrected chi connectivity index (χ3v) is 6.59. The predicted molar refractivity (Wildman–Crippen MR) is 132 cm³/mol. The lowest BCUT2D eigenvalue weighted by Crippen LogP contribution is -2.46. The van der Waals surface area contributed by atoms with Gasteiger partial charge in [0.05, 0.1) is 0 Å². The lowest BCUT2D eigenvalue weighted by atomic mass is 10.1. The highest BCUT2D eigenvalue weighted by molar-refractivity contribution is 5.83. The molecule has 5 nitrogen and oxygen atoms in total. The lowest BCUT2D eigenvalue weighted by Gasteiger charge is -2.36. The minimum absolute atomic E-state index is 0.0179. The fourth-order valence-corrected chi connectivity index (χ4v) is 4.70. The number of aryl methyl sites for hydroxylation is 1. The van der Waals surface area contributed by atoms with Crippen LogP contribution in [0.25, 0.3) is 16.6 Å². The van der Waals surface area contributed by atoms with E-state index in [1.54, 1.807) is 29.0 Å². The molecule has 0 unspecified atom stereocenters. The fraction of sp³-hybridized carbons (Fsp3) is 0.296. The Morgan fingerprint density at radius 1 is 0.879 bits per heavy atom. The minimum atomic E-state index is -0.176. The summed E-state index contributed by atoms with van der Waals surface area (Å²) in [7, 11) is 0. The molecule has 0 aliphatic carbocycles. The van der Waals surface area contributed by atoms with Gasteiger partial charge in [-0.25, -0.2) is 4.39 Å². The molecule has 6 heteroatoms. The van der Waals surface area contributed by atoms with Crippen molar-refractivity contribution in [3.63, 3.8) is 0 Å². The van der Waals surface area contributed by atoms with Crippen molar-refractivity contribution in [2.75, 3.05) is 37.6 Å². The Balaban J connectivity index is 1.08. The summed E-state index contributed by atoms with van der Waals surface area (Å²) in [6.07, 6.45) is 7.03. The molecule has 0 saturated carbocycles. The molecule has 1 N–H and O–H groups in total. The third-order valence-electron chi connectivity index (χ3n) is 6.59. The van der Waals surface area contributed by atoms with Crippen LogP contribution in [-0.2, 0) is 6.42 Å². The van der Waals surface area contributed by atoms with Crippen LogP contribution in [-0.4, -0.2) is 47.2 Å². The highest BCUT2D eigenvalue weighted by Crippen LogP contribution is 2.22. The van der Waals surface area contributed by atoms with Crippen LogP contribution in [0, 0.1) is 5.82 Å². The zero-order valence-corrected chi connectivity index (χ0v) is 18.7. The van der Waals surface area contributed by atoms with Crippen LogP contribution >= 0.6 is 0 Å². The monoisotopic (exact) mass is 444 g/mol. The maximum absolute atomic E-state index is 13.6. The summed E-state index contributed by atoms with van der Waals surface area (Å²) in [6, 6.07) is 18.4. The van der Waals surface area contributed by atoms with Gasteiger partial charge in [0.15, 0.2) is 0 Å². The van der Waals surface area contributed by atoms with Crippen molar-refractivity contribution in [1.82, 2.24) is 14.5 Å². The summed E-state index contributed by atoms with van der Waals surface area (Å²) < 4.78 is 15.2. The topological polar surface area (TPSA) is 44.3 Å². The summed E-state index contributed by atoms with van der Waals surface area (Å²) in [4.78, 5) is 20.2. The first-order valence-corrected chi connectivity index (χ1v) is 11.7. The number of anilines is 1. The highest BCUT2D eigenvalue weighted by atomic mass is 19.1. The molecular weight excluding hydrogens is 415 g/mol. The second-order valence-electron chi connectivity index (χ2n) is 8.71. The molecule has 0 radical (unpaired) electrons. The first-order chi connectivity index (χ1) is 16.2. The number of aromatic amines is 1. The number of H-pyrrole nitrogens is 1. The van der Waals surface area contributed by atoms with Gasteiger partial charge in [0.25, 0.3) is 5.56 Å². The van der Waals surface area contributed by atoms with Gasteiger partial charge in [0, 0.05) is 66.9 Å². The fourth-order valence-electron chi connectivity index (χ4n) is 4.70. The van der Waals surface area contributed by atoms with E-state index >= 15 is 0 Å². The predicted octanol–water partition coefficient (Wildman–Crippen LogP) is 4.60. The Morgan fingerprint density at radius 2 is 1.67 bits per heavy atom. The average molecular weight is 445 g/mol.